The summed E-state index contributed by atoms with van der Waals surface area (Å²) in [6, 6.07) is 6.53. The Hall–Kier alpha value is -0.870. The summed E-state index contributed by atoms with van der Waals surface area (Å²) in [6.45, 7) is 6.54. The zero-order chi connectivity index (χ0) is 18.3. The number of aliphatic imine (C=N–C) groups is 1. The molecule has 0 saturated heterocycles. The van der Waals surface area contributed by atoms with Crippen molar-refractivity contribution in [2.24, 2.45) is 15.5 Å². The van der Waals surface area contributed by atoms with Crippen molar-refractivity contribution in [2.45, 2.75) is 57.4 Å². The van der Waals surface area contributed by atoms with Crippen LogP contribution < -0.4 is 15.8 Å². The Balaban J connectivity index is 0.00000338. The lowest BCUT2D eigenvalue weighted by Crippen LogP contribution is -2.42. The molecule has 0 heterocycles. The van der Waals surface area contributed by atoms with E-state index in [0.717, 1.165) is 24.6 Å². The fourth-order valence-electron chi connectivity index (χ4n) is 3.35. The number of benzene rings is 1. The van der Waals surface area contributed by atoms with Crippen molar-refractivity contribution in [1.29, 1.82) is 0 Å². The monoisotopic (exact) mass is 494 g/mol. The molecule has 1 aromatic rings. The minimum absolute atomic E-state index is 0. The molecule has 0 amide bonds. The van der Waals surface area contributed by atoms with Crippen molar-refractivity contribution in [2.75, 3.05) is 13.1 Å². The Morgan fingerprint density at radius 3 is 2.27 bits per heavy atom. The molecule has 0 aliphatic heterocycles. The van der Waals surface area contributed by atoms with Gasteiger partial charge >= 0.3 is 0 Å². The number of halogens is 1. The first-order chi connectivity index (χ1) is 11.9. The number of rotatable bonds is 7. The zero-order valence-corrected chi connectivity index (χ0v) is 18.8. The SMILES string of the molecule is CCNC(=NCc1ccc(S(N)(=O)=O)cc1)NCC1(CC)CCCC1.I. The second-order valence-corrected chi connectivity index (χ2v) is 8.36. The van der Waals surface area contributed by atoms with E-state index in [1.807, 2.05) is 6.92 Å². The molecule has 26 heavy (non-hydrogen) atoms. The van der Waals surface area contributed by atoms with Gasteiger partial charge in [-0.3, -0.25) is 0 Å². The second-order valence-electron chi connectivity index (χ2n) is 6.80. The summed E-state index contributed by atoms with van der Waals surface area (Å²) < 4.78 is 22.6. The first-order valence-electron chi connectivity index (χ1n) is 9.02. The van der Waals surface area contributed by atoms with Crippen molar-refractivity contribution >= 4 is 40.0 Å². The molecule has 0 aromatic heterocycles. The highest BCUT2D eigenvalue weighted by Crippen LogP contribution is 2.40. The van der Waals surface area contributed by atoms with Gasteiger partial charge in [0.15, 0.2) is 5.96 Å². The summed E-state index contributed by atoms with van der Waals surface area (Å²) >= 11 is 0. The normalized spacial score (nSPS) is 16.8. The van der Waals surface area contributed by atoms with Crippen LogP contribution in [0.4, 0.5) is 0 Å². The number of hydrogen-bond acceptors (Lipinski definition) is 3. The predicted octanol–water partition coefficient (Wildman–Crippen LogP) is 2.98. The number of primary sulfonamides is 1. The Morgan fingerprint density at radius 2 is 1.77 bits per heavy atom. The maximum atomic E-state index is 11.3. The number of nitrogens with one attached hydrogen (secondary N) is 2. The first-order valence-corrected chi connectivity index (χ1v) is 10.6. The highest BCUT2D eigenvalue weighted by atomic mass is 127. The largest absolute Gasteiger partial charge is 0.357 e. The van der Waals surface area contributed by atoms with Crippen LogP contribution in [0.3, 0.4) is 0 Å². The standard InChI is InChI=1S/C18H30N4O2S.HI/c1-3-18(11-5-6-12-18)14-22-17(20-4-2)21-13-15-7-9-16(10-8-15)25(19,23)24;/h7-10H,3-6,11-14H2,1-2H3,(H2,19,23,24)(H2,20,21,22);1H. The van der Waals surface area contributed by atoms with E-state index in [9.17, 15) is 8.42 Å². The van der Waals surface area contributed by atoms with E-state index in [4.69, 9.17) is 5.14 Å². The van der Waals surface area contributed by atoms with E-state index in [1.54, 1.807) is 12.1 Å². The smallest absolute Gasteiger partial charge is 0.238 e. The summed E-state index contributed by atoms with van der Waals surface area (Å²) in [5.74, 6) is 0.803. The number of hydrogen-bond donors (Lipinski definition) is 3. The van der Waals surface area contributed by atoms with Crippen LogP contribution in [0, 0.1) is 5.41 Å². The molecule has 1 aliphatic carbocycles. The van der Waals surface area contributed by atoms with E-state index < -0.39 is 10.0 Å². The zero-order valence-electron chi connectivity index (χ0n) is 15.6. The second kappa shape index (κ2) is 10.5. The molecule has 0 atom stereocenters. The maximum absolute atomic E-state index is 11.3. The summed E-state index contributed by atoms with van der Waals surface area (Å²) in [6.07, 6.45) is 6.39. The summed E-state index contributed by atoms with van der Waals surface area (Å²) in [5, 5.41) is 11.9. The van der Waals surface area contributed by atoms with E-state index in [2.05, 4.69) is 22.5 Å². The molecule has 148 valence electrons. The van der Waals surface area contributed by atoms with Gasteiger partial charge in [-0.05, 0) is 49.3 Å². The van der Waals surface area contributed by atoms with Crippen molar-refractivity contribution in [3.63, 3.8) is 0 Å². The third kappa shape index (κ3) is 6.70. The van der Waals surface area contributed by atoms with E-state index >= 15 is 0 Å². The lowest BCUT2D eigenvalue weighted by atomic mass is 9.83. The van der Waals surface area contributed by atoms with Crippen LogP contribution in [0.25, 0.3) is 0 Å². The molecule has 1 fully saturated rings. The van der Waals surface area contributed by atoms with Crippen LogP contribution in [0.5, 0.6) is 0 Å². The fraction of sp³-hybridized carbons (Fsp3) is 0.611. The number of guanidine groups is 1. The molecule has 8 heteroatoms. The summed E-state index contributed by atoms with van der Waals surface area (Å²) in [7, 11) is -3.65. The van der Waals surface area contributed by atoms with Gasteiger partial charge in [0.25, 0.3) is 0 Å². The number of nitrogens with two attached hydrogens (primary N) is 1. The third-order valence-electron chi connectivity index (χ3n) is 5.06. The van der Waals surface area contributed by atoms with Gasteiger partial charge in [0.1, 0.15) is 0 Å². The lowest BCUT2D eigenvalue weighted by molar-refractivity contribution is 0.283. The highest BCUT2D eigenvalue weighted by molar-refractivity contribution is 14.0. The van der Waals surface area contributed by atoms with Crippen molar-refractivity contribution < 1.29 is 8.42 Å². The summed E-state index contributed by atoms with van der Waals surface area (Å²) in [4.78, 5) is 4.74. The lowest BCUT2D eigenvalue weighted by Gasteiger charge is -2.28. The molecule has 4 N–H and O–H groups in total. The van der Waals surface area contributed by atoms with Crippen LogP contribution >= 0.6 is 24.0 Å². The molecule has 1 saturated carbocycles. The van der Waals surface area contributed by atoms with E-state index in [0.29, 0.717) is 12.0 Å². The van der Waals surface area contributed by atoms with Gasteiger partial charge < -0.3 is 10.6 Å². The number of nitrogens with zero attached hydrogens (tertiary/aromatic N) is 1. The van der Waals surface area contributed by atoms with E-state index in [-0.39, 0.29) is 28.9 Å². The Bertz CT molecular complexity index is 684. The average Bonchev–Trinajstić information content (AvgIpc) is 3.06. The maximum Gasteiger partial charge on any atom is 0.238 e. The van der Waals surface area contributed by atoms with Gasteiger partial charge in [-0.15, -0.1) is 24.0 Å². The highest BCUT2D eigenvalue weighted by Gasteiger charge is 2.31. The Morgan fingerprint density at radius 1 is 1.15 bits per heavy atom. The van der Waals surface area contributed by atoms with Crippen LogP contribution in [0.15, 0.2) is 34.2 Å². The van der Waals surface area contributed by atoms with Gasteiger partial charge in [0.05, 0.1) is 11.4 Å². The fourth-order valence-corrected chi connectivity index (χ4v) is 3.86. The van der Waals surface area contributed by atoms with Crippen molar-refractivity contribution in [3.05, 3.63) is 29.8 Å². The molecule has 0 radical (unpaired) electrons. The minimum Gasteiger partial charge on any atom is -0.357 e. The van der Waals surface area contributed by atoms with Crippen molar-refractivity contribution in [3.8, 4) is 0 Å². The number of sulfonamides is 1. The Labute approximate surface area is 174 Å². The molecular formula is C18H31IN4O2S. The van der Waals surface area contributed by atoms with Gasteiger partial charge in [-0.25, -0.2) is 18.5 Å². The van der Waals surface area contributed by atoms with Crippen LogP contribution in [0.1, 0.15) is 51.5 Å². The van der Waals surface area contributed by atoms with Gasteiger partial charge in [-0.1, -0.05) is 31.9 Å². The molecule has 1 aromatic carbocycles. The summed E-state index contributed by atoms with van der Waals surface area (Å²) in [5.41, 5.74) is 1.34. The average molecular weight is 494 g/mol. The molecule has 6 nitrogen and oxygen atoms in total. The minimum atomic E-state index is -3.65. The van der Waals surface area contributed by atoms with Gasteiger partial charge in [0, 0.05) is 13.1 Å². The van der Waals surface area contributed by atoms with Crippen LogP contribution in [-0.4, -0.2) is 27.5 Å². The van der Waals surface area contributed by atoms with Crippen LogP contribution in [-0.2, 0) is 16.6 Å². The Kier molecular flexibility index (Phi) is 9.32. The van der Waals surface area contributed by atoms with Crippen LogP contribution in [0.2, 0.25) is 0 Å². The third-order valence-corrected chi connectivity index (χ3v) is 5.99. The molecule has 2 rings (SSSR count). The topological polar surface area (TPSA) is 96.6 Å². The molecule has 1 aliphatic rings. The molecule has 0 spiro atoms. The van der Waals surface area contributed by atoms with E-state index in [1.165, 1.54) is 44.2 Å². The quantitative estimate of drug-likeness (QED) is 0.309. The molecular weight excluding hydrogens is 463 g/mol. The van der Waals surface area contributed by atoms with Gasteiger partial charge in [-0.2, -0.15) is 0 Å². The predicted molar refractivity (Wildman–Crippen MR) is 117 cm³/mol. The van der Waals surface area contributed by atoms with Gasteiger partial charge in [0.2, 0.25) is 10.0 Å². The first kappa shape index (κ1) is 23.2. The van der Waals surface area contributed by atoms with Crippen molar-refractivity contribution in [1.82, 2.24) is 10.6 Å². The molecule has 0 unspecified atom stereocenters. The molecule has 0 bridgehead atoms.